The summed E-state index contributed by atoms with van der Waals surface area (Å²) in [6.45, 7) is 7.35. The van der Waals surface area contributed by atoms with Gasteiger partial charge in [0.05, 0.1) is 6.54 Å². The number of anilines is 1. The molecule has 1 aromatic rings. The summed E-state index contributed by atoms with van der Waals surface area (Å²) in [5.74, 6) is 1.01. The van der Waals surface area contributed by atoms with Crippen LogP contribution in [-0.4, -0.2) is 54.7 Å². The second-order valence-corrected chi connectivity index (χ2v) is 6.93. The van der Waals surface area contributed by atoms with Crippen LogP contribution < -0.4 is 15.5 Å². The van der Waals surface area contributed by atoms with E-state index in [0.29, 0.717) is 11.1 Å². The number of rotatable bonds is 6. The molecule has 1 fully saturated rings. The number of aromatic nitrogens is 1. The average Bonchev–Trinajstić information content (AvgIpc) is 3.01. The van der Waals surface area contributed by atoms with E-state index in [1.165, 1.54) is 6.07 Å². The van der Waals surface area contributed by atoms with Crippen molar-refractivity contribution in [3.63, 3.8) is 0 Å². The van der Waals surface area contributed by atoms with Crippen LogP contribution in [0.5, 0.6) is 0 Å². The topological polar surface area (TPSA) is 52.6 Å². The van der Waals surface area contributed by atoms with E-state index >= 15 is 0 Å². The molecule has 5 nitrogen and oxygen atoms in total. The van der Waals surface area contributed by atoms with Gasteiger partial charge in [-0.2, -0.15) is 11.8 Å². The molecular formula is C16H26FN5S. The fourth-order valence-electron chi connectivity index (χ4n) is 2.49. The zero-order valence-corrected chi connectivity index (χ0v) is 14.9. The summed E-state index contributed by atoms with van der Waals surface area (Å²) in [6, 6.07) is 3.32. The minimum absolute atomic E-state index is 0.249. The SMILES string of the molecule is CCNC(=NCC(C)SC)NC1CCN(c2ncccc2F)C1. The Hall–Kier alpha value is -1.50. The maximum atomic E-state index is 13.8. The van der Waals surface area contributed by atoms with E-state index in [-0.39, 0.29) is 11.9 Å². The number of thioether (sulfide) groups is 1. The first-order valence-corrected chi connectivity index (χ1v) is 9.36. The van der Waals surface area contributed by atoms with E-state index in [2.05, 4.69) is 40.7 Å². The van der Waals surface area contributed by atoms with Gasteiger partial charge in [-0.05, 0) is 31.7 Å². The molecule has 0 aliphatic carbocycles. The Morgan fingerprint density at radius 3 is 3.13 bits per heavy atom. The lowest BCUT2D eigenvalue weighted by molar-refractivity contribution is 0.612. The summed E-state index contributed by atoms with van der Waals surface area (Å²) in [5, 5.41) is 7.22. The molecule has 2 N–H and O–H groups in total. The molecule has 1 aliphatic rings. The van der Waals surface area contributed by atoms with Crippen molar-refractivity contribution in [2.75, 3.05) is 37.3 Å². The third-order valence-corrected chi connectivity index (χ3v) is 4.77. The van der Waals surface area contributed by atoms with Gasteiger partial charge in [-0.3, -0.25) is 4.99 Å². The zero-order valence-electron chi connectivity index (χ0n) is 14.1. The Kier molecular flexibility index (Phi) is 6.95. The number of pyridine rings is 1. The molecule has 1 saturated heterocycles. The predicted octanol–water partition coefficient (Wildman–Crippen LogP) is 2.11. The second kappa shape index (κ2) is 8.96. The van der Waals surface area contributed by atoms with Crippen LogP contribution >= 0.6 is 11.8 Å². The van der Waals surface area contributed by atoms with Gasteiger partial charge in [0.15, 0.2) is 17.6 Å². The van der Waals surface area contributed by atoms with Crippen molar-refractivity contribution in [2.45, 2.75) is 31.6 Å². The van der Waals surface area contributed by atoms with Crippen LogP contribution in [0.15, 0.2) is 23.3 Å². The van der Waals surface area contributed by atoms with Crippen LogP contribution in [0.3, 0.4) is 0 Å². The van der Waals surface area contributed by atoms with Gasteiger partial charge < -0.3 is 15.5 Å². The van der Waals surface area contributed by atoms with Gasteiger partial charge in [0, 0.05) is 37.1 Å². The van der Waals surface area contributed by atoms with Gasteiger partial charge in [-0.25, -0.2) is 9.37 Å². The standard InChI is InChI=1S/C16H26FN5S/c1-4-18-16(20-10-12(2)23-3)21-13-7-9-22(11-13)15-14(17)6-5-8-19-15/h5-6,8,12-13H,4,7,9-11H2,1-3H3,(H2,18,20,21). The summed E-state index contributed by atoms with van der Waals surface area (Å²) >= 11 is 1.81. The Morgan fingerprint density at radius 2 is 2.43 bits per heavy atom. The molecule has 7 heteroatoms. The van der Waals surface area contributed by atoms with Crippen LogP contribution in [-0.2, 0) is 0 Å². The smallest absolute Gasteiger partial charge is 0.191 e. The molecule has 23 heavy (non-hydrogen) atoms. The van der Waals surface area contributed by atoms with Crippen molar-refractivity contribution in [3.8, 4) is 0 Å². The first-order chi connectivity index (χ1) is 11.1. The fourth-order valence-corrected chi connectivity index (χ4v) is 2.71. The van der Waals surface area contributed by atoms with Crippen molar-refractivity contribution in [1.82, 2.24) is 15.6 Å². The van der Waals surface area contributed by atoms with Crippen LogP contribution in [0.1, 0.15) is 20.3 Å². The second-order valence-electron chi connectivity index (χ2n) is 5.65. The zero-order chi connectivity index (χ0) is 16.7. The molecule has 2 heterocycles. The lowest BCUT2D eigenvalue weighted by atomic mass is 10.3. The number of hydrogen-bond acceptors (Lipinski definition) is 4. The van der Waals surface area contributed by atoms with E-state index in [9.17, 15) is 4.39 Å². The van der Waals surface area contributed by atoms with E-state index < -0.39 is 0 Å². The Labute approximate surface area is 142 Å². The van der Waals surface area contributed by atoms with E-state index in [0.717, 1.165) is 38.6 Å². The van der Waals surface area contributed by atoms with Crippen molar-refractivity contribution in [2.24, 2.45) is 4.99 Å². The van der Waals surface area contributed by atoms with E-state index in [1.807, 2.05) is 4.90 Å². The van der Waals surface area contributed by atoms with Gasteiger partial charge in [0.1, 0.15) is 0 Å². The van der Waals surface area contributed by atoms with Crippen LogP contribution in [0, 0.1) is 5.82 Å². The normalized spacial score (nSPS) is 19.7. The van der Waals surface area contributed by atoms with Crippen LogP contribution in [0.4, 0.5) is 10.2 Å². The van der Waals surface area contributed by atoms with E-state index in [4.69, 9.17) is 0 Å². The highest BCUT2D eigenvalue weighted by Gasteiger charge is 2.25. The third kappa shape index (κ3) is 5.27. The molecule has 0 spiro atoms. The summed E-state index contributed by atoms with van der Waals surface area (Å²) in [7, 11) is 0. The molecule has 0 bridgehead atoms. The molecule has 2 unspecified atom stereocenters. The molecule has 2 atom stereocenters. The fraction of sp³-hybridized carbons (Fsp3) is 0.625. The maximum absolute atomic E-state index is 13.8. The predicted molar refractivity (Wildman–Crippen MR) is 96.9 cm³/mol. The van der Waals surface area contributed by atoms with Crippen molar-refractivity contribution >= 4 is 23.5 Å². The highest BCUT2D eigenvalue weighted by atomic mass is 32.2. The Bertz CT molecular complexity index is 525. The van der Waals surface area contributed by atoms with Gasteiger partial charge in [-0.1, -0.05) is 6.92 Å². The first kappa shape index (κ1) is 17.8. The summed E-state index contributed by atoms with van der Waals surface area (Å²) < 4.78 is 13.8. The maximum Gasteiger partial charge on any atom is 0.191 e. The molecule has 1 aromatic heterocycles. The molecule has 0 radical (unpaired) electrons. The number of nitrogens with zero attached hydrogens (tertiary/aromatic N) is 3. The van der Waals surface area contributed by atoms with Crippen molar-refractivity contribution < 1.29 is 4.39 Å². The molecule has 1 aliphatic heterocycles. The number of nitrogens with one attached hydrogen (secondary N) is 2. The summed E-state index contributed by atoms with van der Waals surface area (Å²) in [5.41, 5.74) is 0. The van der Waals surface area contributed by atoms with Gasteiger partial charge in [0.2, 0.25) is 0 Å². The Balaban J connectivity index is 1.93. The lowest BCUT2D eigenvalue weighted by Gasteiger charge is -2.20. The minimum Gasteiger partial charge on any atom is -0.357 e. The number of guanidine groups is 1. The first-order valence-electron chi connectivity index (χ1n) is 8.07. The van der Waals surface area contributed by atoms with Crippen LogP contribution in [0.2, 0.25) is 0 Å². The minimum atomic E-state index is -0.262. The monoisotopic (exact) mass is 339 g/mol. The Morgan fingerprint density at radius 1 is 1.61 bits per heavy atom. The highest BCUT2D eigenvalue weighted by molar-refractivity contribution is 7.99. The molecule has 0 saturated carbocycles. The highest BCUT2D eigenvalue weighted by Crippen LogP contribution is 2.20. The summed E-state index contributed by atoms with van der Waals surface area (Å²) in [6.07, 6.45) is 4.67. The number of halogens is 1. The third-order valence-electron chi connectivity index (χ3n) is 3.82. The van der Waals surface area contributed by atoms with Crippen molar-refractivity contribution in [3.05, 3.63) is 24.1 Å². The lowest BCUT2D eigenvalue weighted by Crippen LogP contribution is -2.45. The van der Waals surface area contributed by atoms with Crippen LogP contribution in [0.25, 0.3) is 0 Å². The number of aliphatic imine (C=N–C) groups is 1. The average molecular weight is 339 g/mol. The molecule has 128 valence electrons. The molecular weight excluding hydrogens is 313 g/mol. The molecule has 0 amide bonds. The van der Waals surface area contributed by atoms with Crippen molar-refractivity contribution in [1.29, 1.82) is 0 Å². The molecule has 0 aromatic carbocycles. The van der Waals surface area contributed by atoms with Gasteiger partial charge >= 0.3 is 0 Å². The quantitative estimate of drug-likeness (QED) is 0.614. The summed E-state index contributed by atoms with van der Waals surface area (Å²) in [4.78, 5) is 10.8. The van der Waals surface area contributed by atoms with Gasteiger partial charge in [0.25, 0.3) is 0 Å². The largest absolute Gasteiger partial charge is 0.357 e. The van der Waals surface area contributed by atoms with E-state index in [1.54, 1.807) is 24.0 Å². The number of hydrogen-bond donors (Lipinski definition) is 2. The molecule has 2 rings (SSSR count). The van der Waals surface area contributed by atoms with Gasteiger partial charge in [-0.15, -0.1) is 0 Å².